The van der Waals surface area contributed by atoms with Crippen LogP contribution in [0.1, 0.15) is 56.1 Å². The van der Waals surface area contributed by atoms with Crippen LogP contribution < -0.4 is 10.2 Å². The smallest absolute Gasteiger partial charge is 0.323 e. The number of carbonyl (C=O) groups excluding carboxylic acids is 3. The van der Waals surface area contributed by atoms with Crippen LogP contribution in [0, 0.1) is 6.92 Å². The molecule has 144 valence electrons. The fourth-order valence-electron chi connectivity index (χ4n) is 4.81. The molecule has 1 aromatic rings. The van der Waals surface area contributed by atoms with Crippen molar-refractivity contribution in [3.8, 4) is 0 Å². The average molecular weight is 369 g/mol. The quantitative estimate of drug-likeness (QED) is 0.833. The highest BCUT2D eigenvalue weighted by Gasteiger charge is 2.51. The number of benzene rings is 1. The zero-order chi connectivity index (χ0) is 19.0. The summed E-state index contributed by atoms with van der Waals surface area (Å²) in [6.45, 7) is 2.87. The Bertz CT molecular complexity index is 783. The van der Waals surface area contributed by atoms with Crippen molar-refractivity contribution < 1.29 is 14.4 Å². The van der Waals surface area contributed by atoms with Crippen LogP contribution in [0.2, 0.25) is 0 Å². The Morgan fingerprint density at radius 2 is 1.93 bits per heavy atom. The number of para-hydroxylation sites is 1. The van der Waals surface area contributed by atoms with Gasteiger partial charge in [0.05, 0.1) is 0 Å². The van der Waals surface area contributed by atoms with E-state index in [0.717, 1.165) is 43.4 Å². The first-order valence-corrected chi connectivity index (χ1v) is 10.0. The van der Waals surface area contributed by atoms with Gasteiger partial charge in [-0.3, -0.25) is 14.5 Å². The minimum atomic E-state index is -0.716. The van der Waals surface area contributed by atoms with Crippen LogP contribution in [0.25, 0.3) is 0 Å². The molecule has 0 atom stereocenters. The molecule has 1 spiro atoms. The van der Waals surface area contributed by atoms with Gasteiger partial charge in [-0.25, -0.2) is 4.79 Å². The van der Waals surface area contributed by atoms with Crippen molar-refractivity contribution in [2.75, 3.05) is 18.0 Å². The molecule has 1 aromatic carbocycles. The van der Waals surface area contributed by atoms with E-state index in [1.165, 1.54) is 10.5 Å². The molecule has 1 N–H and O–H groups in total. The van der Waals surface area contributed by atoms with Gasteiger partial charge in [0, 0.05) is 25.2 Å². The SMILES string of the molecule is Cc1cccc2c1N(C(=O)CCN1C(=O)NC3(CCCCC3)C1=O)CCC2. The molecule has 4 amide bonds. The Balaban J connectivity index is 1.45. The Morgan fingerprint density at radius 1 is 1.15 bits per heavy atom. The van der Waals surface area contributed by atoms with Crippen molar-refractivity contribution >= 4 is 23.5 Å². The summed E-state index contributed by atoms with van der Waals surface area (Å²) in [6, 6.07) is 5.78. The van der Waals surface area contributed by atoms with Gasteiger partial charge in [-0.05, 0) is 43.7 Å². The van der Waals surface area contributed by atoms with Crippen molar-refractivity contribution in [1.82, 2.24) is 10.2 Å². The van der Waals surface area contributed by atoms with E-state index >= 15 is 0 Å². The summed E-state index contributed by atoms with van der Waals surface area (Å²) in [5, 5.41) is 2.91. The molecule has 1 saturated heterocycles. The van der Waals surface area contributed by atoms with Crippen LogP contribution >= 0.6 is 0 Å². The second kappa shape index (κ2) is 6.98. The lowest BCUT2D eigenvalue weighted by molar-refractivity contribution is -0.132. The first-order valence-electron chi connectivity index (χ1n) is 10.0. The number of nitrogens with one attached hydrogen (secondary N) is 1. The number of carbonyl (C=O) groups is 3. The molecule has 4 rings (SSSR count). The molecule has 1 saturated carbocycles. The molecule has 6 nitrogen and oxygen atoms in total. The summed E-state index contributed by atoms with van der Waals surface area (Å²) in [7, 11) is 0. The van der Waals surface area contributed by atoms with Crippen LogP contribution in [-0.4, -0.2) is 41.4 Å². The number of aryl methyl sites for hydroxylation is 2. The largest absolute Gasteiger partial charge is 0.325 e. The molecule has 0 bridgehead atoms. The molecule has 2 aliphatic heterocycles. The van der Waals surface area contributed by atoms with E-state index < -0.39 is 5.54 Å². The maximum Gasteiger partial charge on any atom is 0.325 e. The van der Waals surface area contributed by atoms with Gasteiger partial charge in [-0.1, -0.05) is 37.5 Å². The monoisotopic (exact) mass is 369 g/mol. The topological polar surface area (TPSA) is 69.7 Å². The fraction of sp³-hybridized carbons (Fsp3) is 0.571. The number of hydrogen-bond acceptors (Lipinski definition) is 3. The van der Waals surface area contributed by atoms with Crippen LogP contribution in [0.5, 0.6) is 0 Å². The lowest BCUT2D eigenvalue weighted by Crippen LogP contribution is -2.48. The number of anilines is 1. The van der Waals surface area contributed by atoms with Crippen molar-refractivity contribution in [3.63, 3.8) is 0 Å². The predicted molar refractivity (Wildman–Crippen MR) is 103 cm³/mol. The summed E-state index contributed by atoms with van der Waals surface area (Å²) >= 11 is 0. The predicted octanol–water partition coefficient (Wildman–Crippen LogP) is 2.92. The lowest BCUT2D eigenvalue weighted by atomic mass is 9.82. The molecule has 6 heteroatoms. The third-order valence-electron chi connectivity index (χ3n) is 6.22. The second-order valence-corrected chi connectivity index (χ2v) is 8.01. The zero-order valence-electron chi connectivity index (χ0n) is 15.9. The Labute approximate surface area is 159 Å². The minimum Gasteiger partial charge on any atom is -0.323 e. The molecule has 2 heterocycles. The van der Waals surface area contributed by atoms with E-state index in [2.05, 4.69) is 11.4 Å². The molecule has 27 heavy (non-hydrogen) atoms. The van der Waals surface area contributed by atoms with Gasteiger partial charge in [-0.15, -0.1) is 0 Å². The third-order valence-corrected chi connectivity index (χ3v) is 6.22. The first kappa shape index (κ1) is 18.0. The lowest BCUT2D eigenvalue weighted by Gasteiger charge is -2.32. The van der Waals surface area contributed by atoms with E-state index in [1.807, 2.05) is 24.0 Å². The van der Waals surface area contributed by atoms with Gasteiger partial charge in [0.1, 0.15) is 5.54 Å². The summed E-state index contributed by atoms with van der Waals surface area (Å²) in [5.41, 5.74) is 2.59. The van der Waals surface area contributed by atoms with Gasteiger partial charge >= 0.3 is 6.03 Å². The van der Waals surface area contributed by atoms with Crippen molar-refractivity contribution in [3.05, 3.63) is 29.3 Å². The number of urea groups is 1. The first-order chi connectivity index (χ1) is 13.0. The molecule has 2 fully saturated rings. The number of hydrogen-bond donors (Lipinski definition) is 1. The minimum absolute atomic E-state index is 0.0181. The highest BCUT2D eigenvalue weighted by Crippen LogP contribution is 2.34. The number of fused-ring (bicyclic) bond motifs is 1. The number of amides is 4. The van der Waals surface area contributed by atoms with E-state index in [0.29, 0.717) is 19.4 Å². The van der Waals surface area contributed by atoms with Crippen molar-refractivity contribution in [2.45, 2.75) is 63.8 Å². The second-order valence-electron chi connectivity index (χ2n) is 8.01. The highest BCUT2D eigenvalue weighted by molar-refractivity contribution is 6.07. The van der Waals surface area contributed by atoms with E-state index in [-0.39, 0.29) is 30.8 Å². The van der Waals surface area contributed by atoms with Crippen LogP contribution in [-0.2, 0) is 16.0 Å². The average Bonchev–Trinajstić information content (AvgIpc) is 2.89. The van der Waals surface area contributed by atoms with E-state index in [1.54, 1.807) is 0 Å². The van der Waals surface area contributed by atoms with Gasteiger partial charge < -0.3 is 10.2 Å². The van der Waals surface area contributed by atoms with Gasteiger partial charge in [0.2, 0.25) is 5.91 Å². The van der Waals surface area contributed by atoms with Crippen molar-refractivity contribution in [2.24, 2.45) is 0 Å². The summed E-state index contributed by atoms with van der Waals surface area (Å²) in [4.78, 5) is 41.2. The van der Waals surface area contributed by atoms with Crippen LogP contribution in [0.4, 0.5) is 10.5 Å². The standard InChI is InChI=1S/C21H27N3O3/c1-15-7-5-8-16-9-6-13-23(18(15)16)17(25)10-14-24-19(26)21(22-20(24)27)11-3-2-4-12-21/h5,7-8H,2-4,6,9-14H2,1H3,(H,22,27). The Morgan fingerprint density at radius 3 is 2.70 bits per heavy atom. The zero-order valence-corrected chi connectivity index (χ0v) is 15.9. The molecular weight excluding hydrogens is 342 g/mol. The van der Waals surface area contributed by atoms with Crippen molar-refractivity contribution in [1.29, 1.82) is 0 Å². The summed E-state index contributed by atoms with van der Waals surface area (Å²) < 4.78 is 0. The van der Waals surface area contributed by atoms with Gasteiger partial charge in [0.25, 0.3) is 5.91 Å². The number of rotatable bonds is 3. The Hall–Kier alpha value is -2.37. The number of nitrogens with zero attached hydrogens (tertiary/aromatic N) is 2. The molecular formula is C21H27N3O3. The van der Waals surface area contributed by atoms with Crippen LogP contribution in [0.3, 0.4) is 0 Å². The highest BCUT2D eigenvalue weighted by atomic mass is 16.2. The molecule has 0 aromatic heterocycles. The molecule has 0 radical (unpaired) electrons. The van der Waals surface area contributed by atoms with E-state index in [9.17, 15) is 14.4 Å². The molecule has 0 unspecified atom stereocenters. The third kappa shape index (κ3) is 3.11. The Kier molecular flexibility index (Phi) is 4.66. The summed E-state index contributed by atoms with van der Waals surface area (Å²) in [6.07, 6.45) is 6.54. The van der Waals surface area contributed by atoms with Gasteiger partial charge in [-0.2, -0.15) is 0 Å². The summed E-state index contributed by atoms with van der Waals surface area (Å²) in [5.74, 6) is -0.161. The molecule has 1 aliphatic carbocycles. The maximum absolute atomic E-state index is 12.9. The van der Waals surface area contributed by atoms with E-state index in [4.69, 9.17) is 0 Å². The molecule has 3 aliphatic rings. The fourth-order valence-corrected chi connectivity index (χ4v) is 4.81. The maximum atomic E-state index is 12.9. The number of imide groups is 1. The van der Waals surface area contributed by atoms with Gasteiger partial charge in [0.15, 0.2) is 0 Å². The normalized spacial score (nSPS) is 21.4. The van der Waals surface area contributed by atoms with Crippen LogP contribution in [0.15, 0.2) is 18.2 Å².